The number of nitrogens with two attached hydrogens (primary N) is 2. The summed E-state index contributed by atoms with van der Waals surface area (Å²) in [5.74, 6) is 0. The Morgan fingerprint density at radius 3 is 2.17 bits per heavy atom. The van der Waals surface area contributed by atoms with E-state index < -0.39 is 20.0 Å². The maximum absolute atomic E-state index is 5.52. The molecule has 0 atom stereocenters. The van der Waals surface area contributed by atoms with E-state index in [-0.39, 0.29) is 0 Å². The van der Waals surface area contributed by atoms with Gasteiger partial charge in [0.25, 0.3) is 0 Å². The fourth-order valence-corrected chi connectivity index (χ4v) is 1.53. The van der Waals surface area contributed by atoms with Gasteiger partial charge in [0.2, 0.25) is 0 Å². The summed E-state index contributed by atoms with van der Waals surface area (Å²) in [6.07, 6.45) is 0. The third kappa shape index (κ3) is 4.72. The summed E-state index contributed by atoms with van der Waals surface area (Å²) < 4.78 is 6.65. The second-order valence-electron chi connectivity index (χ2n) is 1.39. The van der Waals surface area contributed by atoms with Gasteiger partial charge in [-0.3, -0.25) is 0 Å². The van der Waals surface area contributed by atoms with Gasteiger partial charge in [-0.15, -0.1) is 0 Å². The molecule has 0 unspecified atom stereocenters. The van der Waals surface area contributed by atoms with Crippen LogP contribution in [-0.2, 0) is 0 Å². The first-order valence-corrected chi connectivity index (χ1v) is 8.57. The summed E-state index contributed by atoms with van der Waals surface area (Å²) in [4.78, 5) is 2.15. The molecule has 0 saturated carbocycles. The molecule has 0 aliphatic rings. The van der Waals surface area contributed by atoms with Crippen molar-refractivity contribution in [3.63, 3.8) is 0 Å². The third-order valence-electron chi connectivity index (χ3n) is 0.539. The van der Waals surface area contributed by atoms with Crippen molar-refractivity contribution in [1.29, 1.82) is 0 Å². The predicted octanol–water partition coefficient (Wildman–Crippen LogP) is -0.475. The molecule has 0 rings (SSSR count). The molecule has 0 saturated heterocycles. The standard InChI is InChI=1S/C2H6N.CH3.H2N.Sn/c1-2-3;;;/h1-3H2;1H3;1H2;/q;;-1;+1. The SMILES string of the molecule is [CH3][Sn]([NH2])[CH2]CN. The average Bonchev–Trinajstić information content (AvgIpc) is 1.35. The molecule has 0 fully saturated rings. The van der Waals surface area contributed by atoms with Gasteiger partial charge < -0.3 is 0 Å². The van der Waals surface area contributed by atoms with Crippen LogP contribution in [0.1, 0.15) is 0 Å². The topological polar surface area (TPSA) is 52.0 Å². The maximum atomic E-state index is 5.52. The van der Waals surface area contributed by atoms with Gasteiger partial charge >= 0.3 is 45.6 Å². The zero-order valence-corrected chi connectivity index (χ0v) is 6.92. The van der Waals surface area contributed by atoms with Crippen LogP contribution in [0.3, 0.4) is 0 Å². The van der Waals surface area contributed by atoms with Crippen LogP contribution in [0.4, 0.5) is 0 Å². The molecule has 37 valence electrons. The van der Waals surface area contributed by atoms with Crippen LogP contribution < -0.4 is 9.69 Å². The molecule has 1 radical (unpaired) electrons. The molecular weight excluding hydrogens is 183 g/mol. The summed E-state index contributed by atoms with van der Waals surface area (Å²) in [6, 6.07) is 0. The monoisotopic (exact) mass is 195 g/mol. The molecule has 0 heterocycles. The van der Waals surface area contributed by atoms with E-state index in [0.29, 0.717) is 0 Å². The van der Waals surface area contributed by atoms with Crippen molar-refractivity contribution in [2.45, 2.75) is 9.38 Å². The second kappa shape index (κ2) is 3.89. The number of hydrogen-bond acceptors (Lipinski definition) is 2. The van der Waals surface area contributed by atoms with Gasteiger partial charge in [-0.05, 0) is 0 Å². The molecule has 0 amide bonds. The first-order chi connectivity index (χ1) is 2.77. The molecule has 4 N–H and O–H groups in total. The van der Waals surface area contributed by atoms with Crippen molar-refractivity contribution in [1.82, 2.24) is 0 Å². The van der Waals surface area contributed by atoms with Crippen molar-refractivity contribution in [2.24, 2.45) is 9.69 Å². The quantitative estimate of drug-likeness (QED) is 0.583. The summed E-state index contributed by atoms with van der Waals surface area (Å²) in [7, 11) is 0. The van der Waals surface area contributed by atoms with Crippen LogP contribution >= 0.6 is 0 Å². The summed E-state index contributed by atoms with van der Waals surface area (Å²) >= 11 is -1.24. The van der Waals surface area contributed by atoms with Crippen LogP contribution in [0, 0.1) is 0 Å². The van der Waals surface area contributed by atoms with E-state index in [1.165, 1.54) is 0 Å². The Morgan fingerprint density at radius 2 is 2.17 bits per heavy atom. The Balaban J connectivity index is 2.63. The minimum atomic E-state index is -1.24. The zero-order chi connectivity index (χ0) is 4.99. The molecule has 0 aliphatic heterocycles. The normalized spacial score (nSPS) is 10.0. The predicted molar refractivity (Wildman–Crippen MR) is 29.7 cm³/mol. The molecule has 0 aromatic carbocycles. The van der Waals surface area contributed by atoms with Gasteiger partial charge in [-0.2, -0.15) is 0 Å². The third-order valence-corrected chi connectivity index (χ3v) is 3.61. The van der Waals surface area contributed by atoms with Crippen molar-refractivity contribution in [3.05, 3.63) is 0 Å². The summed E-state index contributed by atoms with van der Waals surface area (Å²) in [5.41, 5.74) is 5.20. The van der Waals surface area contributed by atoms with Crippen molar-refractivity contribution in [3.8, 4) is 0 Å². The van der Waals surface area contributed by atoms with Crippen LogP contribution in [0.5, 0.6) is 0 Å². The number of rotatable bonds is 2. The van der Waals surface area contributed by atoms with Crippen molar-refractivity contribution >= 4 is 20.0 Å². The molecule has 2 nitrogen and oxygen atoms in total. The average molecular weight is 194 g/mol. The van der Waals surface area contributed by atoms with E-state index >= 15 is 0 Å². The Hall–Kier alpha value is 0.719. The molecule has 0 aliphatic carbocycles. The molecular formula is C3H11N2Sn. The first-order valence-electron chi connectivity index (χ1n) is 2.05. The van der Waals surface area contributed by atoms with Crippen LogP contribution in [0.25, 0.3) is 0 Å². The fourth-order valence-electron chi connectivity index (χ4n) is 0.228. The molecule has 0 spiro atoms. The van der Waals surface area contributed by atoms with Crippen LogP contribution in [0.2, 0.25) is 9.38 Å². The van der Waals surface area contributed by atoms with Gasteiger partial charge in [0.05, 0.1) is 0 Å². The first kappa shape index (κ1) is 6.72. The van der Waals surface area contributed by atoms with E-state index in [4.69, 9.17) is 9.69 Å². The summed E-state index contributed by atoms with van der Waals surface area (Å²) in [6.45, 7) is 0.793. The molecule has 6 heavy (non-hydrogen) atoms. The van der Waals surface area contributed by atoms with E-state index in [0.717, 1.165) is 11.0 Å². The Morgan fingerprint density at radius 1 is 1.67 bits per heavy atom. The molecule has 3 heteroatoms. The number of hydrogen-bond donors (Lipinski definition) is 2. The molecule has 0 aromatic rings. The summed E-state index contributed by atoms with van der Waals surface area (Å²) in [5, 5.41) is 0. The van der Waals surface area contributed by atoms with E-state index in [2.05, 4.69) is 4.94 Å². The Bertz CT molecular complexity index is 30.0. The van der Waals surface area contributed by atoms with Crippen molar-refractivity contribution < 1.29 is 0 Å². The van der Waals surface area contributed by atoms with Crippen molar-refractivity contribution in [2.75, 3.05) is 6.54 Å². The van der Waals surface area contributed by atoms with Gasteiger partial charge in [-0.1, -0.05) is 0 Å². The van der Waals surface area contributed by atoms with Crippen LogP contribution in [-0.4, -0.2) is 26.6 Å². The fraction of sp³-hybridized carbons (Fsp3) is 1.00. The van der Waals surface area contributed by atoms with Gasteiger partial charge in [-0.25, -0.2) is 0 Å². The zero-order valence-electron chi connectivity index (χ0n) is 4.07. The van der Waals surface area contributed by atoms with Gasteiger partial charge in [0.15, 0.2) is 0 Å². The van der Waals surface area contributed by atoms with E-state index in [1.807, 2.05) is 0 Å². The Kier molecular flexibility index (Phi) is 4.36. The van der Waals surface area contributed by atoms with E-state index in [1.54, 1.807) is 0 Å². The molecule has 0 bridgehead atoms. The minimum absolute atomic E-state index is 0.793. The van der Waals surface area contributed by atoms with Gasteiger partial charge in [0.1, 0.15) is 0 Å². The van der Waals surface area contributed by atoms with Gasteiger partial charge in [0, 0.05) is 0 Å². The van der Waals surface area contributed by atoms with Crippen LogP contribution in [0.15, 0.2) is 0 Å². The molecule has 0 aromatic heterocycles. The Labute approximate surface area is 46.0 Å². The van der Waals surface area contributed by atoms with E-state index in [9.17, 15) is 0 Å². The second-order valence-corrected chi connectivity index (χ2v) is 7.64.